The minimum Gasteiger partial charge on any atom is -0.383 e. The van der Waals surface area contributed by atoms with Gasteiger partial charge in [-0.25, -0.2) is 8.78 Å². The maximum absolute atomic E-state index is 14.0. The summed E-state index contributed by atoms with van der Waals surface area (Å²) >= 11 is 0. The molecule has 0 saturated carbocycles. The van der Waals surface area contributed by atoms with Gasteiger partial charge in [0, 0.05) is 25.0 Å². The standard InChI is InChI=1S/C15H12F2N4/c1-21-15(18)13(9-4-6-19-7-5-9)14(20-21)11-8-10(16)2-3-12(11)17/h2-8H,18H2,1H3. The number of nitrogens with zero attached hydrogens (tertiary/aromatic N) is 3. The quantitative estimate of drug-likeness (QED) is 0.788. The molecule has 0 fully saturated rings. The van der Waals surface area contributed by atoms with Crippen LogP contribution in [-0.4, -0.2) is 14.8 Å². The minimum absolute atomic E-state index is 0.0779. The van der Waals surface area contributed by atoms with Crippen molar-refractivity contribution in [2.24, 2.45) is 7.05 Å². The maximum Gasteiger partial charge on any atom is 0.132 e. The van der Waals surface area contributed by atoms with E-state index in [1.165, 1.54) is 4.68 Å². The van der Waals surface area contributed by atoms with E-state index >= 15 is 0 Å². The molecule has 21 heavy (non-hydrogen) atoms. The molecule has 0 aliphatic rings. The molecule has 6 heteroatoms. The summed E-state index contributed by atoms with van der Waals surface area (Å²) in [5.74, 6) is -0.707. The first-order chi connectivity index (χ1) is 10.1. The highest BCUT2D eigenvalue weighted by molar-refractivity contribution is 5.88. The summed E-state index contributed by atoms with van der Waals surface area (Å²) in [6, 6.07) is 6.74. The Morgan fingerprint density at radius 2 is 1.81 bits per heavy atom. The van der Waals surface area contributed by atoms with Gasteiger partial charge >= 0.3 is 0 Å². The molecule has 0 saturated heterocycles. The van der Waals surface area contributed by atoms with Crippen molar-refractivity contribution in [1.82, 2.24) is 14.8 Å². The fraction of sp³-hybridized carbons (Fsp3) is 0.0667. The van der Waals surface area contributed by atoms with Crippen LogP contribution in [-0.2, 0) is 7.05 Å². The van der Waals surface area contributed by atoms with Gasteiger partial charge in [0.25, 0.3) is 0 Å². The van der Waals surface area contributed by atoms with E-state index in [4.69, 9.17) is 5.73 Å². The van der Waals surface area contributed by atoms with Crippen LogP contribution in [0.2, 0.25) is 0 Å². The van der Waals surface area contributed by atoms with Gasteiger partial charge < -0.3 is 5.73 Å². The van der Waals surface area contributed by atoms with E-state index in [-0.39, 0.29) is 5.56 Å². The van der Waals surface area contributed by atoms with Crippen LogP contribution >= 0.6 is 0 Å². The Hall–Kier alpha value is -2.76. The molecule has 0 bridgehead atoms. The molecular weight excluding hydrogens is 274 g/mol. The number of hydrogen-bond acceptors (Lipinski definition) is 3. The minimum atomic E-state index is -0.551. The molecule has 106 valence electrons. The van der Waals surface area contributed by atoms with Crippen LogP contribution in [0.1, 0.15) is 0 Å². The van der Waals surface area contributed by atoms with Gasteiger partial charge in [0.05, 0.1) is 5.56 Å². The number of rotatable bonds is 2. The van der Waals surface area contributed by atoms with E-state index < -0.39 is 11.6 Å². The number of benzene rings is 1. The van der Waals surface area contributed by atoms with Crippen molar-refractivity contribution in [3.8, 4) is 22.4 Å². The lowest BCUT2D eigenvalue weighted by molar-refractivity contribution is 0.602. The van der Waals surface area contributed by atoms with Crippen LogP contribution in [0.4, 0.5) is 14.6 Å². The molecule has 2 aromatic heterocycles. The lowest BCUT2D eigenvalue weighted by Gasteiger charge is -2.05. The predicted molar refractivity (Wildman–Crippen MR) is 76.2 cm³/mol. The largest absolute Gasteiger partial charge is 0.383 e. The van der Waals surface area contributed by atoms with Gasteiger partial charge in [0.1, 0.15) is 23.1 Å². The fourth-order valence-corrected chi connectivity index (χ4v) is 2.21. The summed E-state index contributed by atoms with van der Waals surface area (Å²) < 4.78 is 28.9. The molecule has 0 unspecified atom stereocenters. The van der Waals surface area contributed by atoms with Crippen molar-refractivity contribution in [2.45, 2.75) is 0 Å². The van der Waals surface area contributed by atoms with E-state index in [2.05, 4.69) is 10.1 Å². The lowest BCUT2D eigenvalue weighted by atomic mass is 10.0. The summed E-state index contributed by atoms with van der Waals surface area (Å²) in [7, 11) is 1.65. The molecule has 0 aliphatic heterocycles. The highest BCUT2D eigenvalue weighted by Crippen LogP contribution is 2.36. The van der Waals surface area contributed by atoms with Crippen molar-refractivity contribution in [3.05, 3.63) is 54.4 Å². The number of hydrogen-bond donors (Lipinski definition) is 1. The second-order valence-corrected chi connectivity index (χ2v) is 4.59. The Morgan fingerprint density at radius 1 is 1.10 bits per heavy atom. The number of nitrogen functional groups attached to an aromatic ring is 1. The third-order valence-corrected chi connectivity index (χ3v) is 3.24. The molecule has 0 spiro atoms. The van der Waals surface area contributed by atoms with E-state index in [1.54, 1.807) is 31.6 Å². The van der Waals surface area contributed by atoms with Crippen molar-refractivity contribution >= 4 is 5.82 Å². The van der Waals surface area contributed by atoms with E-state index in [1.807, 2.05) is 0 Å². The molecule has 4 nitrogen and oxygen atoms in total. The number of anilines is 1. The Morgan fingerprint density at radius 3 is 2.52 bits per heavy atom. The van der Waals surface area contributed by atoms with E-state index in [9.17, 15) is 8.78 Å². The van der Waals surface area contributed by atoms with Crippen molar-refractivity contribution in [3.63, 3.8) is 0 Å². The van der Waals surface area contributed by atoms with Gasteiger partial charge in [-0.1, -0.05) is 0 Å². The van der Waals surface area contributed by atoms with Crippen LogP contribution in [0.5, 0.6) is 0 Å². The molecule has 0 atom stereocenters. The number of aryl methyl sites for hydroxylation is 1. The number of aromatic nitrogens is 3. The first-order valence-corrected chi connectivity index (χ1v) is 6.26. The molecule has 3 rings (SSSR count). The van der Waals surface area contributed by atoms with E-state index in [0.717, 1.165) is 23.8 Å². The summed E-state index contributed by atoms with van der Waals surface area (Å²) in [5, 5.41) is 4.22. The lowest BCUT2D eigenvalue weighted by Crippen LogP contribution is -1.97. The van der Waals surface area contributed by atoms with Crippen molar-refractivity contribution < 1.29 is 8.78 Å². The van der Waals surface area contributed by atoms with E-state index in [0.29, 0.717) is 17.1 Å². The zero-order valence-corrected chi connectivity index (χ0v) is 11.2. The van der Waals surface area contributed by atoms with Gasteiger partial charge in [0.15, 0.2) is 0 Å². The van der Waals surface area contributed by atoms with Gasteiger partial charge in [0.2, 0.25) is 0 Å². The summed E-state index contributed by atoms with van der Waals surface area (Å²) in [6.45, 7) is 0. The summed E-state index contributed by atoms with van der Waals surface area (Å²) in [6.07, 6.45) is 3.21. The third-order valence-electron chi connectivity index (χ3n) is 3.24. The van der Waals surface area contributed by atoms with Gasteiger partial charge in [-0.15, -0.1) is 0 Å². The van der Waals surface area contributed by atoms with Gasteiger partial charge in [-0.2, -0.15) is 5.10 Å². The van der Waals surface area contributed by atoms with Crippen LogP contribution in [0, 0.1) is 11.6 Å². The van der Waals surface area contributed by atoms with Crippen LogP contribution in [0.15, 0.2) is 42.7 Å². The molecule has 0 radical (unpaired) electrons. The first kappa shape index (κ1) is 13.2. The van der Waals surface area contributed by atoms with Gasteiger partial charge in [-0.05, 0) is 35.9 Å². The average Bonchev–Trinajstić information content (AvgIpc) is 2.78. The first-order valence-electron chi connectivity index (χ1n) is 6.26. The highest BCUT2D eigenvalue weighted by atomic mass is 19.1. The molecular formula is C15H12F2N4. The van der Waals surface area contributed by atoms with Crippen LogP contribution in [0.25, 0.3) is 22.4 Å². The maximum atomic E-state index is 14.0. The third kappa shape index (κ3) is 2.24. The summed E-state index contributed by atoms with van der Waals surface area (Å²) in [4.78, 5) is 3.94. The number of pyridine rings is 1. The molecule has 2 N–H and O–H groups in total. The van der Waals surface area contributed by atoms with Gasteiger partial charge in [-0.3, -0.25) is 9.67 Å². The monoisotopic (exact) mass is 286 g/mol. The topological polar surface area (TPSA) is 56.7 Å². The molecule has 2 heterocycles. The highest BCUT2D eigenvalue weighted by Gasteiger charge is 2.20. The van der Waals surface area contributed by atoms with Crippen LogP contribution < -0.4 is 5.73 Å². The molecule has 3 aromatic rings. The zero-order chi connectivity index (χ0) is 15.0. The fourth-order valence-electron chi connectivity index (χ4n) is 2.21. The Bertz CT molecular complexity index is 797. The predicted octanol–water partition coefficient (Wildman–Crippen LogP) is 3.01. The molecule has 0 amide bonds. The SMILES string of the molecule is Cn1nc(-c2cc(F)ccc2F)c(-c2ccncc2)c1N. The second-order valence-electron chi connectivity index (χ2n) is 4.59. The number of halogens is 2. The Kier molecular flexibility index (Phi) is 3.13. The molecule has 1 aromatic carbocycles. The number of nitrogens with two attached hydrogens (primary N) is 1. The Labute approximate surface area is 119 Å². The van der Waals surface area contributed by atoms with Crippen molar-refractivity contribution in [2.75, 3.05) is 5.73 Å². The smallest absolute Gasteiger partial charge is 0.132 e. The molecule has 0 aliphatic carbocycles. The second kappa shape index (κ2) is 4.97. The Balaban J connectivity index is 2.29. The average molecular weight is 286 g/mol. The van der Waals surface area contributed by atoms with Crippen LogP contribution in [0.3, 0.4) is 0 Å². The zero-order valence-electron chi connectivity index (χ0n) is 11.2. The normalized spacial score (nSPS) is 10.8. The van der Waals surface area contributed by atoms with Crippen molar-refractivity contribution in [1.29, 1.82) is 0 Å². The summed E-state index contributed by atoms with van der Waals surface area (Å²) in [5.41, 5.74) is 7.71.